The van der Waals surface area contributed by atoms with E-state index in [1.807, 2.05) is 31.3 Å². The molecule has 0 aliphatic rings. The molecule has 0 bridgehead atoms. The monoisotopic (exact) mass is 283 g/mol. The minimum atomic E-state index is -0.555. The third-order valence-electron chi connectivity index (χ3n) is 2.98. The first-order valence-corrected chi connectivity index (χ1v) is 6.55. The van der Waals surface area contributed by atoms with E-state index >= 15 is 0 Å². The van der Waals surface area contributed by atoms with Gasteiger partial charge in [0.05, 0.1) is 0 Å². The largest absolute Gasteiger partial charge is 0.366 e. The average molecular weight is 283 g/mol. The van der Waals surface area contributed by atoms with Gasteiger partial charge in [-0.15, -0.1) is 0 Å². The van der Waals surface area contributed by atoms with Gasteiger partial charge in [0.1, 0.15) is 0 Å². The van der Waals surface area contributed by atoms with Gasteiger partial charge in [-0.3, -0.25) is 9.59 Å². The van der Waals surface area contributed by atoms with Crippen molar-refractivity contribution in [3.8, 4) is 0 Å². The van der Waals surface area contributed by atoms with Gasteiger partial charge >= 0.3 is 0 Å². The zero-order chi connectivity index (χ0) is 15.2. The fourth-order valence-corrected chi connectivity index (χ4v) is 1.98. The molecule has 0 aromatic heterocycles. The summed E-state index contributed by atoms with van der Waals surface area (Å²) in [4.78, 5) is 23.3. The molecule has 2 rings (SSSR count). The van der Waals surface area contributed by atoms with Crippen molar-refractivity contribution >= 4 is 17.5 Å². The van der Waals surface area contributed by atoms with Gasteiger partial charge in [0.25, 0.3) is 5.91 Å². The summed E-state index contributed by atoms with van der Waals surface area (Å²) in [5, 5.41) is 5.86. The molecule has 0 spiro atoms. The van der Waals surface area contributed by atoms with Crippen LogP contribution in [0.15, 0.2) is 48.5 Å². The third-order valence-corrected chi connectivity index (χ3v) is 2.98. The van der Waals surface area contributed by atoms with Crippen LogP contribution in [0.25, 0.3) is 0 Å². The van der Waals surface area contributed by atoms with Crippen molar-refractivity contribution in [1.82, 2.24) is 5.32 Å². The van der Waals surface area contributed by atoms with Crippen molar-refractivity contribution in [3.05, 3.63) is 65.2 Å². The molecule has 0 atom stereocenters. The maximum absolute atomic E-state index is 12.2. The minimum absolute atomic E-state index is 0.278. The third kappa shape index (κ3) is 3.90. The van der Waals surface area contributed by atoms with E-state index in [9.17, 15) is 9.59 Å². The van der Waals surface area contributed by atoms with Crippen LogP contribution in [-0.2, 0) is 6.54 Å². The fraction of sp³-hybridized carbons (Fsp3) is 0.125. The van der Waals surface area contributed by atoms with Crippen LogP contribution in [0.1, 0.15) is 26.3 Å². The topological polar surface area (TPSA) is 84.2 Å². The van der Waals surface area contributed by atoms with Crippen LogP contribution >= 0.6 is 0 Å². The molecule has 108 valence electrons. The van der Waals surface area contributed by atoms with Gasteiger partial charge in [-0.25, -0.2) is 0 Å². The number of carbonyl (C=O) groups excluding carboxylic acids is 2. The fourth-order valence-electron chi connectivity index (χ4n) is 1.98. The molecule has 2 amide bonds. The lowest BCUT2D eigenvalue weighted by Crippen LogP contribution is -2.15. The molecule has 5 nitrogen and oxygen atoms in total. The first kappa shape index (κ1) is 14.7. The predicted octanol–water partition coefficient (Wildman–Crippen LogP) is 1.76. The van der Waals surface area contributed by atoms with E-state index in [4.69, 9.17) is 5.73 Å². The van der Waals surface area contributed by atoms with Crippen molar-refractivity contribution in [2.75, 3.05) is 12.4 Å². The highest BCUT2D eigenvalue weighted by molar-refractivity contribution is 6.06. The number of anilines is 1. The molecular weight excluding hydrogens is 266 g/mol. The molecule has 21 heavy (non-hydrogen) atoms. The number of amides is 2. The first-order valence-electron chi connectivity index (χ1n) is 6.55. The summed E-state index contributed by atoms with van der Waals surface area (Å²) in [7, 11) is 1.86. The number of nitrogens with one attached hydrogen (secondary N) is 2. The van der Waals surface area contributed by atoms with Gasteiger partial charge in [0.15, 0.2) is 0 Å². The Labute approximate surface area is 123 Å². The van der Waals surface area contributed by atoms with Crippen molar-refractivity contribution in [2.45, 2.75) is 6.54 Å². The number of carbonyl (C=O) groups is 2. The van der Waals surface area contributed by atoms with Crippen LogP contribution in [0.2, 0.25) is 0 Å². The lowest BCUT2D eigenvalue weighted by Gasteiger charge is -2.08. The van der Waals surface area contributed by atoms with E-state index < -0.39 is 5.91 Å². The summed E-state index contributed by atoms with van der Waals surface area (Å²) in [6.45, 7) is 0.723. The van der Waals surface area contributed by atoms with Crippen LogP contribution < -0.4 is 16.4 Å². The van der Waals surface area contributed by atoms with E-state index in [0.717, 1.165) is 12.1 Å². The van der Waals surface area contributed by atoms with Crippen LogP contribution in [0.4, 0.5) is 5.69 Å². The number of nitrogens with two attached hydrogens (primary N) is 1. The lowest BCUT2D eigenvalue weighted by atomic mass is 10.1. The normalized spacial score (nSPS) is 10.1. The Hall–Kier alpha value is -2.66. The van der Waals surface area contributed by atoms with Crippen molar-refractivity contribution in [1.29, 1.82) is 0 Å². The molecule has 0 saturated heterocycles. The van der Waals surface area contributed by atoms with Gasteiger partial charge in [-0.05, 0) is 42.9 Å². The summed E-state index contributed by atoms with van der Waals surface area (Å²) in [5.74, 6) is -0.833. The van der Waals surface area contributed by atoms with Crippen LogP contribution in [-0.4, -0.2) is 18.9 Å². The second kappa shape index (κ2) is 6.67. The number of primary amides is 1. The Bertz CT molecular complexity index is 668. The first-order chi connectivity index (χ1) is 10.1. The highest BCUT2D eigenvalue weighted by Crippen LogP contribution is 2.13. The summed E-state index contributed by atoms with van der Waals surface area (Å²) in [6.07, 6.45) is 0. The highest BCUT2D eigenvalue weighted by atomic mass is 16.2. The van der Waals surface area contributed by atoms with Gasteiger partial charge in [-0.1, -0.05) is 18.2 Å². The molecule has 5 heteroatoms. The van der Waals surface area contributed by atoms with Crippen molar-refractivity contribution in [3.63, 3.8) is 0 Å². The van der Waals surface area contributed by atoms with E-state index in [1.165, 1.54) is 6.07 Å². The molecule has 0 fully saturated rings. The highest BCUT2D eigenvalue weighted by Gasteiger charge is 2.09. The maximum Gasteiger partial charge on any atom is 0.255 e. The Morgan fingerprint density at radius 1 is 1.05 bits per heavy atom. The summed E-state index contributed by atoms with van der Waals surface area (Å²) in [6, 6.07) is 13.9. The zero-order valence-corrected chi connectivity index (χ0v) is 11.7. The molecule has 2 aromatic rings. The Morgan fingerprint density at radius 2 is 1.76 bits per heavy atom. The van der Waals surface area contributed by atoms with Gasteiger partial charge in [-0.2, -0.15) is 0 Å². The van der Waals surface area contributed by atoms with Crippen molar-refractivity contribution < 1.29 is 9.59 Å². The van der Waals surface area contributed by atoms with E-state index in [-0.39, 0.29) is 5.91 Å². The molecule has 0 saturated carbocycles. The molecule has 0 aliphatic carbocycles. The van der Waals surface area contributed by atoms with Gasteiger partial charge in [0.2, 0.25) is 5.91 Å². The number of benzene rings is 2. The van der Waals surface area contributed by atoms with E-state index in [0.29, 0.717) is 16.8 Å². The van der Waals surface area contributed by atoms with Crippen LogP contribution in [0, 0.1) is 0 Å². The second-order valence-corrected chi connectivity index (χ2v) is 4.63. The summed E-state index contributed by atoms with van der Waals surface area (Å²) in [5.41, 5.74) is 7.69. The Morgan fingerprint density at radius 3 is 2.48 bits per heavy atom. The molecule has 2 aromatic carbocycles. The minimum Gasteiger partial charge on any atom is -0.366 e. The Kier molecular flexibility index (Phi) is 4.68. The summed E-state index contributed by atoms with van der Waals surface area (Å²) >= 11 is 0. The van der Waals surface area contributed by atoms with Crippen LogP contribution in [0.3, 0.4) is 0 Å². The smallest absolute Gasteiger partial charge is 0.255 e. The number of rotatable bonds is 5. The second-order valence-electron chi connectivity index (χ2n) is 4.63. The predicted molar refractivity (Wildman–Crippen MR) is 82.1 cm³/mol. The standard InChI is InChI=1S/C16H17N3O2/c1-18-10-11-4-2-7-14(8-11)19-16(21)13-6-3-5-12(9-13)15(17)20/h2-9,18H,10H2,1H3,(H2,17,20)(H,19,21). The van der Waals surface area contributed by atoms with E-state index in [2.05, 4.69) is 10.6 Å². The molecular formula is C16H17N3O2. The van der Waals surface area contributed by atoms with Gasteiger partial charge < -0.3 is 16.4 Å². The quantitative estimate of drug-likeness (QED) is 0.781. The molecule has 4 N–H and O–H groups in total. The average Bonchev–Trinajstić information content (AvgIpc) is 2.48. The molecule has 0 radical (unpaired) electrons. The number of hydrogen-bond acceptors (Lipinski definition) is 3. The zero-order valence-electron chi connectivity index (χ0n) is 11.7. The molecule has 0 unspecified atom stereocenters. The van der Waals surface area contributed by atoms with Crippen molar-refractivity contribution in [2.24, 2.45) is 5.73 Å². The van der Waals surface area contributed by atoms with Crippen LogP contribution in [0.5, 0.6) is 0 Å². The SMILES string of the molecule is CNCc1cccc(NC(=O)c2cccc(C(N)=O)c2)c1. The molecule has 0 aliphatic heterocycles. The number of hydrogen-bond donors (Lipinski definition) is 3. The Balaban J connectivity index is 2.16. The molecule has 0 heterocycles. The van der Waals surface area contributed by atoms with Gasteiger partial charge in [0, 0.05) is 23.4 Å². The van der Waals surface area contributed by atoms with E-state index in [1.54, 1.807) is 18.2 Å². The summed E-state index contributed by atoms with van der Waals surface area (Å²) < 4.78 is 0. The maximum atomic E-state index is 12.2. The lowest BCUT2D eigenvalue weighted by molar-refractivity contribution is 0.1000.